The van der Waals surface area contributed by atoms with Gasteiger partial charge in [-0.2, -0.15) is 0 Å². The number of aromatic nitrogens is 1. The first-order valence-corrected chi connectivity index (χ1v) is 7.49. The molecule has 0 aliphatic rings. The second-order valence-electron chi connectivity index (χ2n) is 4.72. The largest absolute Gasteiger partial charge is 0.392 e. The average molecular weight is 340 g/mol. The van der Waals surface area contributed by atoms with Crippen molar-refractivity contribution in [1.29, 1.82) is 0 Å². The maximum atomic E-state index is 9.32. The first-order chi connectivity index (χ1) is 10.3. The molecule has 0 unspecified atom stereocenters. The molecule has 2 nitrogen and oxygen atoms in total. The zero-order chi connectivity index (χ0) is 14.7. The van der Waals surface area contributed by atoms with Crippen LogP contribution < -0.4 is 0 Å². The first kappa shape index (κ1) is 14.0. The maximum Gasteiger partial charge on any atom is 0.0702 e. The molecule has 2 aromatic carbocycles. The molecule has 0 aliphatic heterocycles. The minimum atomic E-state index is -0.00176. The average Bonchev–Trinajstić information content (AvgIpc) is 2.53. The number of hydrogen-bond acceptors (Lipinski definition) is 2. The van der Waals surface area contributed by atoms with Crippen molar-refractivity contribution in [2.45, 2.75) is 0 Å². The standard InChI is InChI=1S/C18H14BrNO/c19-16-7-5-13(6-8-16)17(9-10-21)15-11-14-3-1-2-4-18(14)20-12-15/h1-9,11-12,21H,10H2/b17-9+. The predicted molar refractivity (Wildman–Crippen MR) is 90.0 cm³/mol. The maximum absolute atomic E-state index is 9.32. The number of nitrogens with zero attached hydrogens (tertiary/aromatic N) is 1. The lowest BCUT2D eigenvalue weighted by atomic mass is 9.98. The molecule has 0 fully saturated rings. The van der Waals surface area contributed by atoms with E-state index in [9.17, 15) is 5.11 Å². The van der Waals surface area contributed by atoms with E-state index in [1.54, 1.807) is 0 Å². The van der Waals surface area contributed by atoms with Gasteiger partial charge in [0.2, 0.25) is 0 Å². The Kier molecular flexibility index (Phi) is 4.13. The van der Waals surface area contributed by atoms with Crippen molar-refractivity contribution in [3.63, 3.8) is 0 Å². The third-order valence-electron chi connectivity index (χ3n) is 3.35. The minimum absolute atomic E-state index is 0.00176. The second kappa shape index (κ2) is 6.20. The van der Waals surface area contributed by atoms with E-state index in [1.807, 2.05) is 60.8 Å². The molecule has 0 amide bonds. The van der Waals surface area contributed by atoms with Gasteiger partial charge in [0.25, 0.3) is 0 Å². The van der Waals surface area contributed by atoms with E-state index >= 15 is 0 Å². The summed E-state index contributed by atoms with van der Waals surface area (Å²) in [7, 11) is 0. The summed E-state index contributed by atoms with van der Waals surface area (Å²) in [4.78, 5) is 4.50. The third-order valence-corrected chi connectivity index (χ3v) is 3.88. The summed E-state index contributed by atoms with van der Waals surface area (Å²) in [5.74, 6) is 0. The lowest BCUT2D eigenvalue weighted by molar-refractivity contribution is 0.343. The van der Waals surface area contributed by atoms with Gasteiger partial charge in [-0.25, -0.2) is 0 Å². The SMILES string of the molecule is OC/C=C(\c1ccc(Br)cc1)c1cnc2ccccc2c1. The van der Waals surface area contributed by atoms with Gasteiger partial charge in [0.15, 0.2) is 0 Å². The molecule has 0 radical (unpaired) electrons. The van der Waals surface area contributed by atoms with Crippen molar-refractivity contribution >= 4 is 32.4 Å². The van der Waals surface area contributed by atoms with Gasteiger partial charge in [-0.1, -0.05) is 52.3 Å². The van der Waals surface area contributed by atoms with E-state index in [0.717, 1.165) is 32.1 Å². The Bertz CT molecular complexity index is 794. The van der Waals surface area contributed by atoms with E-state index in [-0.39, 0.29) is 6.61 Å². The van der Waals surface area contributed by atoms with Crippen LogP contribution in [-0.2, 0) is 0 Å². The van der Waals surface area contributed by atoms with Crippen LogP contribution >= 0.6 is 15.9 Å². The first-order valence-electron chi connectivity index (χ1n) is 6.70. The molecule has 3 aromatic rings. The topological polar surface area (TPSA) is 33.1 Å². The molecular weight excluding hydrogens is 326 g/mol. The normalized spacial score (nSPS) is 11.8. The molecule has 1 N–H and O–H groups in total. The van der Waals surface area contributed by atoms with E-state index in [1.165, 1.54) is 0 Å². The Balaban J connectivity index is 2.11. The Hall–Kier alpha value is -1.97. The predicted octanol–water partition coefficient (Wildman–Crippen LogP) is 4.42. The molecule has 0 saturated carbocycles. The van der Waals surface area contributed by atoms with Crippen LogP contribution in [0.2, 0.25) is 0 Å². The zero-order valence-electron chi connectivity index (χ0n) is 11.3. The van der Waals surface area contributed by atoms with Crippen molar-refractivity contribution in [2.24, 2.45) is 0 Å². The number of hydrogen-bond donors (Lipinski definition) is 1. The van der Waals surface area contributed by atoms with Gasteiger partial charge in [0.05, 0.1) is 12.1 Å². The summed E-state index contributed by atoms with van der Waals surface area (Å²) in [6, 6.07) is 18.2. The van der Waals surface area contributed by atoms with Gasteiger partial charge >= 0.3 is 0 Å². The highest BCUT2D eigenvalue weighted by Crippen LogP contribution is 2.26. The molecular formula is C18H14BrNO. The lowest BCUT2D eigenvalue weighted by Gasteiger charge is -2.09. The highest BCUT2D eigenvalue weighted by molar-refractivity contribution is 9.10. The Morgan fingerprint density at radius 2 is 1.81 bits per heavy atom. The fourth-order valence-corrected chi connectivity index (χ4v) is 2.61. The molecule has 0 atom stereocenters. The van der Waals surface area contributed by atoms with E-state index < -0.39 is 0 Å². The summed E-state index contributed by atoms with van der Waals surface area (Å²) in [6.45, 7) is -0.00176. The molecule has 104 valence electrons. The van der Waals surface area contributed by atoms with Crippen LogP contribution in [0.3, 0.4) is 0 Å². The fourth-order valence-electron chi connectivity index (χ4n) is 2.34. The van der Waals surface area contributed by atoms with Gasteiger partial charge in [-0.05, 0) is 35.4 Å². The molecule has 0 aliphatic carbocycles. The van der Waals surface area contributed by atoms with Gasteiger partial charge in [0, 0.05) is 21.6 Å². The number of pyridine rings is 1. The lowest BCUT2D eigenvalue weighted by Crippen LogP contribution is -1.92. The number of benzene rings is 2. The number of para-hydroxylation sites is 1. The van der Waals surface area contributed by atoms with Crippen LogP contribution in [0, 0.1) is 0 Å². The zero-order valence-corrected chi connectivity index (χ0v) is 12.9. The number of rotatable bonds is 3. The summed E-state index contributed by atoms with van der Waals surface area (Å²) < 4.78 is 1.03. The highest BCUT2D eigenvalue weighted by atomic mass is 79.9. The van der Waals surface area contributed by atoms with Crippen LogP contribution in [0.5, 0.6) is 0 Å². The molecule has 3 rings (SSSR count). The van der Waals surface area contributed by atoms with E-state index in [2.05, 4.69) is 27.0 Å². The van der Waals surface area contributed by atoms with Crippen LogP contribution in [0.15, 0.2) is 71.3 Å². The smallest absolute Gasteiger partial charge is 0.0702 e. The minimum Gasteiger partial charge on any atom is -0.392 e. The Morgan fingerprint density at radius 3 is 2.57 bits per heavy atom. The third kappa shape index (κ3) is 3.04. The van der Waals surface area contributed by atoms with Crippen molar-refractivity contribution in [3.05, 3.63) is 82.5 Å². The highest BCUT2D eigenvalue weighted by Gasteiger charge is 2.06. The number of aliphatic hydroxyl groups excluding tert-OH is 1. The van der Waals surface area contributed by atoms with Crippen LogP contribution in [-0.4, -0.2) is 16.7 Å². The van der Waals surface area contributed by atoms with Crippen LogP contribution in [0.25, 0.3) is 16.5 Å². The quantitative estimate of drug-likeness (QED) is 0.766. The van der Waals surface area contributed by atoms with E-state index in [0.29, 0.717) is 0 Å². The second-order valence-corrected chi connectivity index (χ2v) is 5.64. The molecule has 0 spiro atoms. The number of fused-ring (bicyclic) bond motifs is 1. The summed E-state index contributed by atoms with van der Waals surface area (Å²) in [5.41, 5.74) is 4.03. The van der Waals surface area contributed by atoms with Crippen LogP contribution in [0.1, 0.15) is 11.1 Å². The molecule has 0 bridgehead atoms. The van der Waals surface area contributed by atoms with Crippen molar-refractivity contribution in [3.8, 4) is 0 Å². The molecule has 21 heavy (non-hydrogen) atoms. The van der Waals surface area contributed by atoms with Gasteiger partial charge in [-0.15, -0.1) is 0 Å². The van der Waals surface area contributed by atoms with E-state index in [4.69, 9.17) is 0 Å². The Morgan fingerprint density at radius 1 is 1.05 bits per heavy atom. The summed E-state index contributed by atoms with van der Waals surface area (Å²) in [6.07, 6.45) is 3.67. The molecule has 1 heterocycles. The summed E-state index contributed by atoms with van der Waals surface area (Å²) >= 11 is 3.44. The van der Waals surface area contributed by atoms with Crippen molar-refractivity contribution < 1.29 is 5.11 Å². The number of halogens is 1. The Labute approximate surface area is 131 Å². The fraction of sp³-hybridized carbons (Fsp3) is 0.0556. The summed E-state index contributed by atoms with van der Waals surface area (Å²) in [5, 5.41) is 10.4. The molecule has 1 aromatic heterocycles. The molecule has 0 saturated heterocycles. The van der Waals surface area contributed by atoms with Crippen molar-refractivity contribution in [1.82, 2.24) is 4.98 Å². The van der Waals surface area contributed by atoms with Gasteiger partial charge < -0.3 is 5.11 Å². The van der Waals surface area contributed by atoms with Crippen LogP contribution in [0.4, 0.5) is 0 Å². The van der Waals surface area contributed by atoms with Gasteiger partial charge in [0.1, 0.15) is 0 Å². The number of aliphatic hydroxyl groups is 1. The van der Waals surface area contributed by atoms with Crippen molar-refractivity contribution in [2.75, 3.05) is 6.61 Å². The monoisotopic (exact) mass is 339 g/mol. The van der Waals surface area contributed by atoms with Gasteiger partial charge in [-0.3, -0.25) is 4.98 Å². The molecule has 3 heteroatoms.